The number of nitrogens with one attached hydrogen (secondary N) is 1. The summed E-state index contributed by atoms with van der Waals surface area (Å²) in [5.74, 6) is -1.28. The largest absolute Gasteiger partial charge is 0.482 e. The number of hydrogen-bond donors (Lipinski definition) is 1. The zero-order chi connectivity index (χ0) is 12.3. The summed E-state index contributed by atoms with van der Waals surface area (Å²) in [6.07, 6.45) is -2.85. The van der Waals surface area contributed by atoms with Crippen molar-refractivity contribution in [3.05, 3.63) is 27.5 Å². The van der Waals surface area contributed by atoms with Crippen molar-refractivity contribution in [3.8, 4) is 5.88 Å². The average Bonchev–Trinajstić information content (AvgIpc) is 2.26. The Kier molecular flexibility index (Phi) is 3.60. The molecule has 1 aromatic rings. The second-order valence-electron chi connectivity index (χ2n) is 2.79. The summed E-state index contributed by atoms with van der Waals surface area (Å²) in [6.45, 7) is 0. The van der Waals surface area contributed by atoms with Crippen molar-refractivity contribution in [3.63, 3.8) is 0 Å². The van der Waals surface area contributed by atoms with Crippen molar-refractivity contribution in [1.29, 1.82) is 0 Å². The maximum atomic E-state index is 12.3. The van der Waals surface area contributed by atoms with Crippen LogP contribution in [0.15, 0.2) is 10.9 Å². The van der Waals surface area contributed by atoms with E-state index < -0.39 is 29.1 Å². The summed E-state index contributed by atoms with van der Waals surface area (Å²) >= 11 is 0. The van der Waals surface area contributed by atoms with Crippen molar-refractivity contribution < 1.29 is 23.0 Å². The van der Waals surface area contributed by atoms with E-state index in [2.05, 4.69) is 14.5 Å². The van der Waals surface area contributed by atoms with Gasteiger partial charge in [-0.05, 0) is 0 Å². The van der Waals surface area contributed by atoms with E-state index in [9.17, 15) is 18.4 Å². The number of H-pyrrole nitrogens is 1. The molecule has 1 heterocycles. The van der Waals surface area contributed by atoms with Gasteiger partial charge in [-0.15, -0.1) is 0 Å². The van der Waals surface area contributed by atoms with E-state index in [1.165, 1.54) is 0 Å². The number of rotatable bonds is 3. The normalized spacial score (nSPS) is 10.3. The van der Waals surface area contributed by atoms with Gasteiger partial charge in [0.1, 0.15) is 0 Å². The summed E-state index contributed by atoms with van der Waals surface area (Å²) in [6, 6.07) is 0.638. The molecule has 0 aliphatic heterocycles. The van der Waals surface area contributed by atoms with Crippen LogP contribution in [0.5, 0.6) is 5.88 Å². The van der Waals surface area contributed by atoms with E-state index in [0.717, 1.165) is 14.2 Å². The van der Waals surface area contributed by atoms with Gasteiger partial charge in [-0.2, -0.15) is 0 Å². The van der Waals surface area contributed by atoms with Crippen LogP contribution in [0, 0.1) is 0 Å². The van der Waals surface area contributed by atoms with Crippen LogP contribution in [-0.2, 0) is 4.74 Å². The fraction of sp³-hybridized carbons (Fsp3) is 0.333. The van der Waals surface area contributed by atoms with Gasteiger partial charge in [-0.1, -0.05) is 0 Å². The second-order valence-corrected chi connectivity index (χ2v) is 2.79. The number of aromatic amines is 1. The van der Waals surface area contributed by atoms with Gasteiger partial charge in [0.05, 0.1) is 19.9 Å². The SMILES string of the molecule is COC(=O)c1c(OC)[nH]c(C(F)F)cc1=O. The molecule has 0 saturated heterocycles. The van der Waals surface area contributed by atoms with Gasteiger partial charge in [-0.3, -0.25) is 4.79 Å². The number of methoxy groups -OCH3 is 2. The Morgan fingerprint density at radius 1 is 1.44 bits per heavy atom. The van der Waals surface area contributed by atoms with Crippen molar-refractivity contribution in [1.82, 2.24) is 4.98 Å². The predicted octanol–water partition coefficient (Wildman–Crippen LogP) is 1.11. The monoisotopic (exact) mass is 233 g/mol. The minimum absolute atomic E-state index is 0.338. The lowest BCUT2D eigenvalue weighted by Gasteiger charge is -2.08. The van der Waals surface area contributed by atoms with Crippen LogP contribution in [0.1, 0.15) is 22.5 Å². The van der Waals surface area contributed by atoms with Crippen LogP contribution in [0.2, 0.25) is 0 Å². The Hall–Kier alpha value is -1.92. The summed E-state index contributed by atoms with van der Waals surface area (Å²) in [7, 11) is 2.22. The van der Waals surface area contributed by atoms with Crippen molar-refractivity contribution >= 4 is 5.97 Å². The molecule has 16 heavy (non-hydrogen) atoms. The lowest BCUT2D eigenvalue weighted by molar-refractivity contribution is 0.0593. The summed E-state index contributed by atoms with van der Waals surface area (Å²) in [4.78, 5) is 24.7. The van der Waals surface area contributed by atoms with Crippen LogP contribution in [0.3, 0.4) is 0 Å². The third-order valence-corrected chi connectivity index (χ3v) is 1.85. The fourth-order valence-electron chi connectivity index (χ4n) is 1.12. The Morgan fingerprint density at radius 3 is 2.50 bits per heavy atom. The third-order valence-electron chi connectivity index (χ3n) is 1.85. The smallest absolute Gasteiger partial charge is 0.347 e. The number of esters is 1. The maximum absolute atomic E-state index is 12.3. The predicted molar refractivity (Wildman–Crippen MR) is 49.9 cm³/mol. The maximum Gasteiger partial charge on any atom is 0.347 e. The van der Waals surface area contributed by atoms with E-state index >= 15 is 0 Å². The van der Waals surface area contributed by atoms with Gasteiger partial charge in [0.15, 0.2) is 5.56 Å². The highest BCUT2D eigenvalue weighted by atomic mass is 19.3. The first-order valence-corrected chi connectivity index (χ1v) is 4.19. The summed E-state index contributed by atoms with van der Waals surface area (Å²) in [5.41, 5.74) is -1.93. The number of alkyl halides is 2. The van der Waals surface area contributed by atoms with Gasteiger partial charge in [0, 0.05) is 6.07 Å². The molecule has 1 N–H and O–H groups in total. The van der Waals surface area contributed by atoms with Crippen molar-refractivity contribution in [2.75, 3.05) is 14.2 Å². The average molecular weight is 233 g/mol. The molecule has 0 aromatic carbocycles. The molecule has 0 aliphatic carbocycles. The standard InChI is InChI=1S/C9H9F2NO4/c1-15-8-6(9(14)16-2)5(13)3-4(12-8)7(10)11/h3,7H,1-2H3,(H,12,13). The zero-order valence-electron chi connectivity index (χ0n) is 8.54. The molecule has 1 rings (SSSR count). The lowest BCUT2D eigenvalue weighted by Crippen LogP contribution is -2.19. The minimum Gasteiger partial charge on any atom is -0.482 e. The van der Waals surface area contributed by atoms with Gasteiger partial charge in [-0.25, -0.2) is 13.6 Å². The van der Waals surface area contributed by atoms with Gasteiger partial charge in [0.25, 0.3) is 6.43 Å². The number of ether oxygens (including phenoxy) is 2. The first kappa shape index (κ1) is 12.2. The molecule has 0 atom stereocenters. The van der Waals surface area contributed by atoms with Crippen LogP contribution < -0.4 is 10.2 Å². The lowest BCUT2D eigenvalue weighted by atomic mass is 10.2. The second kappa shape index (κ2) is 4.73. The highest BCUT2D eigenvalue weighted by Gasteiger charge is 2.21. The molecular weight excluding hydrogens is 224 g/mol. The van der Waals surface area contributed by atoms with Crippen molar-refractivity contribution in [2.45, 2.75) is 6.43 Å². The van der Waals surface area contributed by atoms with E-state index in [1.54, 1.807) is 0 Å². The Labute approximate surface area is 89.0 Å². The molecule has 0 amide bonds. The number of aromatic nitrogens is 1. The number of halogens is 2. The van der Waals surface area contributed by atoms with Crippen LogP contribution in [0.4, 0.5) is 8.78 Å². The summed E-state index contributed by atoms with van der Waals surface area (Å²) in [5, 5.41) is 0. The fourth-order valence-corrected chi connectivity index (χ4v) is 1.12. The molecule has 7 heteroatoms. The van der Waals surface area contributed by atoms with Crippen LogP contribution >= 0.6 is 0 Å². The first-order valence-electron chi connectivity index (χ1n) is 4.19. The molecule has 0 fully saturated rings. The topological polar surface area (TPSA) is 68.4 Å². The van der Waals surface area contributed by atoms with Crippen molar-refractivity contribution in [2.24, 2.45) is 0 Å². The van der Waals surface area contributed by atoms with Crippen LogP contribution in [0.25, 0.3) is 0 Å². The highest BCUT2D eigenvalue weighted by Crippen LogP contribution is 2.19. The Balaban J connectivity index is 3.40. The Bertz CT molecular complexity index is 455. The first-order chi connectivity index (χ1) is 7.51. The highest BCUT2D eigenvalue weighted by molar-refractivity contribution is 5.91. The molecule has 0 aliphatic rings. The molecule has 88 valence electrons. The number of hydrogen-bond acceptors (Lipinski definition) is 4. The molecule has 0 spiro atoms. The third kappa shape index (κ3) is 2.18. The van der Waals surface area contributed by atoms with Crippen LogP contribution in [-0.4, -0.2) is 25.2 Å². The molecule has 5 nitrogen and oxygen atoms in total. The van der Waals surface area contributed by atoms with E-state index in [0.29, 0.717) is 6.07 Å². The zero-order valence-corrected chi connectivity index (χ0v) is 8.54. The van der Waals surface area contributed by atoms with E-state index in [-0.39, 0.29) is 5.88 Å². The molecular formula is C9H9F2NO4. The van der Waals surface area contributed by atoms with Gasteiger partial charge >= 0.3 is 5.97 Å². The molecule has 1 aromatic heterocycles. The number of carbonyl (C=O) groups excluding carboxylic acids is 1. The number of carbonyl (C=O) groups is 1. The molecule has 0 unspecified atom stereocenters. The minimum atomic E-state index is -2.85. The van der Waals surface area contributed by atoms with Gasteiger partial charge < -0.3 is 14.5 Å². The van der Waals surface area contributed by atoms with E-state index in [4.69, 9.17) is 0 Å². The summed E-state index contributed by atoms with van der Waals surface area (Å²) < 4.78 is 33.7. The molecule has 0 radical (unpaired) electrons. The molecule has 0 saturated carbocycles. The van der Waals surface area contributed by atoms with Gasteiger partial charge in [0.2, 0.25) is 11.3 Å². The Morgan fingerprint density at radius 2 is 2.06 bits per heavy atom. The number of pyridine rings is 1. The van der Waals surface area contributed by atoms with E-state index in [1.807, 2.05) is 0 Å². The molecule has 0 bridgehead atoms. The quantitative estimate of drug-likeness (QED) is 0.794.